The van der Waals surface area contributed by atoms with Gasteiger partial charge in [0.25, 0.3) is 0 Å². The van der Waals surface area contributed by atoms with Crippen molar-refractivity contribution in [3.8, 4) is 0 Å². The number of thiazole rings is 1. The van der Waals surface area contributed by atoms with E-state index in [4.69, 9.17) is 4.74 Å². The fourth-order valence-electron chi connectivity index (χ4n) is 2.36. The van der Waals surface area contributed by atoms with Gasteiger partial charge in [-0.2, -0.15) is 0 Å². The third kappa shape index (κ3) is 9.60. The summed E-state index contributed by atoms with van der Waals surface area (Å²) >= 11 is 1.69. The van der Waals surface area contributed by atoms with Gasteiger partial charge in [-0.25, -0.2) is 9.78 Å². The van der Waals surface area contributed by atoms with Crippen molar-refractivity contribution in [2.45, 2.75) is 79.0 Å². The molecule has 0 spiro atoms. The van der Waals surface area contributed by atoms with Crippen LogP contribution in [0.15, 0.2) is 4.99 Å². The highest BCUT2D eigenvalue weighted by Gasteiger charge is 2.18. The van der Waals surface area contributed by atoms with Crippen LogP contribution in [0.5, 0.6) is 0 Å². The van der Waals surface area contributed by atoms with Crippen molar-refractivity contribution < 1.29 is 9.53 Å². The lowest BCUT2D eigenvalue weighted by Gasteiger charge is -2.24. The van der Waals surface area contributed by atoms with Gasteiger partial charge in [-0.05, 0) is 41.0 Å². The first-order valence-electron chi connectivity index (χ1n) is 9.51. The summed E-state index contributed by atoms with van der Waals surface area (Å²) in [7, 11) is 1.74. The van der Waals surface area contributed by atoms with E-state index in [0.29, 0.717) is 19.0 Å². The zero-order chi connectivity index (χ0) is 20.4. The summed E-state index contributed by atoms with van der Waals surface area (Å²) in [6, 6.07) is 0.0726. The van der Waals surface area contributed by atoms with Crippen LogP contribution >= 0.6 is 11.3 Å². The van der Waals surface area contributed by atoms with E-state index in [9.17, 15) is 4.79 Å². The topological polar surface area (TPSA) is 87.6 Å². The predicted molar refractivity (Wildman–Crippen MR) is 112 cm³/mol. The minimum absolute atomic E-state index is 0.0726. The largest absolute Gasteiger partial charge is 0.444 e. The molecule has 7 nitrogen and oxygen atoms in total. The van der Waals surface area contributed by atoms with Gasteiger partial charge in [0.05, 0.1) is 12.2 Å². The fraction of sp³-hybridized carbons (Fsp3) is 0.737. The lowest BCUT2D eigenvalue weighted by atomic mass is 10.1. The van der Waals surface area contributed by atoms with E-state index < -0.39 is 11.7 Å². The summed E-state index contributed by atoms with van der Waals surface area (Å²) < 4.78 is 5.31. The Labute approximate surface area is 167 Å². The molecule has 27 heavy (non-hydrogen) atoms. The molecule has 1 rings (SSSR count). The first kappa shape index (κ1) is 23.2. The van der Waals surface area contributed by atoms with Gasteiger partial charge in [0.15, 0.2) is 5.96 Å². The summed E-state index contributed by atoms with van der Waals surface area (Å²) in [4.78, 5) is 22.0. The highest BCUT2D eigenvalue weighted by Crippen LogP contribution is 2.15. The SMILES string of the molecule is CCCCC(CNC(=O)OC(C)(C)C)NC(=NC)NCc1nc(C)c(C)s1. The first-order chi connectivity index (χ1) is 12.6. The second-order valence-electron chi connectivity index (χ2n) is 7.54. The average molecular weight is 398 g/mol. The van der Waals surface area contributed by atoms with Crippen LogP contribution in [0.4, 0.5) is 4.79 Å². The molecule has 0 bridgehead atoms. The molecule has 1 heterocycles. The van der Waals surface area contributed by atoms with Crippen LogP contribution in [0.2, 0.25) is 0 Å². The summed E-state index contributed by atoms with van der Waals surface area (Å²) in [5, 5.41) is 10.6. The van der Waals surface area contributed by atoms with Gasteiger partial charge in [0.1, 0.15) is 10.6 Å². The van der Waals surface area contributed by atoms with Crippen LogP contribution in [0.3, 0.4) is 0 Å². The molecular formula is C19H35N5O2S. The molecule has 1 amide bonds. The quantitative estimate of drug-likeness (QED) is 0.461. The highest BCUT2D eigenvalue weighted by atomic mass is 32.1. The zero-order valence-electron chi connectivity index (χ0n) is 17.7. The molecule has 0 aliphatic rings. The monoisotopic (exact) mass is 397 g/mol. The molecule has 0 aliphatic heterocycles. The van der Waals surface area contributed by atoms with E-state index in [1.54, 1.807) is 18.4 Å². The van der Waals surface area contributed by atoms with Crippen LogP contribution in [0.25, 0.3) is 0 Å². The van der Waals surface area contributed by atoms with Gasteiger partial charge in [0, 0.05) is 24.5 Å². The number of amides is 1. The number of nitrogens with zero attached hydrogens (tertiary/aromatic N) is 2. The van der Waals surface area contributed by atoms with Gasteiger partial charge >= 0.3 is 6.09 Å². The summed E-state index contributed by atoms with van der Waals surface area (Å²) in [5.41, 5.74) is 0.569. The van der Waals surface area contributed by atoms with E-state index in [1.807, 2.05) is 27.7 Å². The molecule has 1 unspecified atom stereocenters. The van der Waals surface area contributed by atoms with Gasteiger partial charge < -0.3 is 20.7 Å². The van der Waals surface area contributed by atoms with Crippen molar-refractivity contribution in [2.75, 3.05) is 13.6 Å². The Kier molecular flexibility index (Phi) is 9.55. The van der Waals surface area contributed by atoms with Crippen LogP contribution in [0, 0.1) is 13.8 Å². The molecule has 0 radical (unpaired) electrons. The molecule has 154 valence electrons. The Hall–Kier alpha value is -1.83. The number of aryl methyl sites for hydroxylation is 2. The number of aromatic nitrogens is 1. The van der Waals surface area contributed by atoms with Crippen LogP contribution in [-0.2, 0) is 11.3 Å². The fourth-order valence-corrected chi connectivity index (χ4v) is 3.23. The normalized spacial score (nSPS) is 13.2. The van der Waals surface area contributed by atoms with Crippen molar-refractivity contribution in [3.63, 3.8) is 0 Å². The third-order valence-corrected chi connectivity index (χ3v) is 4.91. The number of nitrogens with one attached hydrogen (secondary N) is 3. The molecule has 8 heteroatoms. The maximum absolute atomic E-state index is 11.9. The third-order valence-electron chi connectivity index (χ3n) is 3.84. The van der Waals surface area contributed by atoms with E-state index in [2.05, 4.69) is 39.8 Å². The standard InChI is InChI=1S/C19H35N5O2S/c1-8-9-10-15(11-22-18(25)26-19(4,5)6)24-17(20-7)21-12-16-23-13(2)14(3)27-16/h15H,8-12H2,1-7H3,(H,22,25)(H2,20,21,24). The second-order valence-corrected chi connectivity index (χ2v) is 8.83. The number of hydrogen-bond donors (Lipinski definition) is 3. The molecule has 0 saturated carbocycles. The lowest BCUT2D eigenvalue weighted by Crippen LogP contribution is -2.48. The number of alkyl carbamates (subject to hydrolysis) is 1. The number of carbonyl (C=O) groups excluding carboxylic acids is 1. The van der Waals surface area contributed by atoms with Crippen LogP contribution < -0.4 is 16.0 Å². The molecule has 0 aliphatic carbocycles. The van der Waals surface area contributed by atoms with Gasteiger partial charge in [-0.1, -0.05) is 19.8 Å². The highest BCUT2D eigenvalue weighted by molar-refractivity contribution is 7.11. The van der Waals surface area contributed by atoms with Crippen molar-refractivity contribution in [1.82, 2.24) is 20.9 Å². The number of hydrogen-bond acceptors (Lipinski definition) is 5. The van der Waals surface area contributed by atoms with Crippen molar-refractivity contribution >= 4 is 23.4 Å². The molecule has 1 aromatic rings. The maximum Gasteiger partial charge on any atom is 0.407 e. The lowest BCUT2D eigenvalue weighted by molar-refractivity contribution is 0.0523. The van der Waals surface area contributed by atoms with E-state index in [0.717, 1.165) is 30.0 Å². The minimum atomic E-state index is -0.502. The number of guanidine groups is 1. The summed E-state index contributed by atoms with van der Waals surface area (Å²) in [6.45, 7) is 12.9. The van der Waals surface area contributed by atoms with Crippen molar-refractivity contribution in [2.24, 2.45) is 4.99 Å². The smallest absolute Gasteiger partial charge is 0.407 e. The molecule has 0 saturated heterocycles. The van der Waals surface area contributed by atoms with E-state index in [-0.39, 0.29) is 6.04 Å². The number of ether oxygens (including phenoxy) is 1. The Balaban J connectivity index is 2.57. The summed E-state index contributed by atoms with van der Waals surface area (Å²) in [5.74, 6) is 0.701. The van der Waals surface area contributed by atoms with E-state index >= 15 is 0 Å². The average Bonchev–Trinajstić information content (AvgIpc) is 2.89. The molecular weight excluding hydrogens is 362 g/mol. The number of carbonyl (C=O) groups is 1. The molecule has 0 fully saturated rings. The Morgan fingerprint density at radius 1 is 1.30 bits per heavy atom. The molecule has 1 atom stereocenters. The van der Waals surface area contributed by atoms with Gasteiger partial charge in [0.2, 0.25) is 0 Å². The Morgan fingerprint density at radius 3 is 2.52 bits per heavy atom. The van der Waals surface area contributed by atoms with Crippen LogP contribution in [0.1, 0.15) is 62.5 Å². The second kappa shape index (κ2) is 11.1. The number of unbranched alkanes of at least 4 members (excludes halogenated alkanes) is 1. The number of rotatable bonds is 8. The van der Waals surface area contributed by atoms with Crippen molar-refractivity contribution in [1.29, 1.82) is 0 Å². The van der Waals surface area contributed by atoms with Crippen LogP contribution in [-0.4, -0.2) is 42.3 Å². The molecule has 3 N–H and O–H groups in total. The number of aliphatic imine (C=N–C) groups is 1. The van der Waals surface area contributed by atoms with E-state index in [1.165, 1.54) is 4.88 Å². The van der Waals surface area contributed by atoms with Gasteiger partial charge in [-0.3, -0.25) is 4.99 Å². The minimum Gasteiger partial charge on any atom is -0.444 e. The Morgan fingerprint density at radius 2 is 2.00 bits per heavy atom. The molecule has 0 aromatic carbocycles. The maximum atomic E-state index is 11.9. The van der Waals surface area contributed by atoms with Crippen molar-refractivity contribution in [3.05, 3.63) is 15.6 Å². The summed E-state index contributed by atoms with van der Waals surface area (Å²) in [6.07, 6.45) is 2.69. The first-order valence-corrected chi connectivity index (χ1v) is 10.3. The molecule has 1 aromatic heterocycles. The zero-order valence-corrected chi connectivity index (χ0v) is 18.5. The predicted octanol–water partition coefficient (Wildman–Crippen LogP) is 3.51. The van der Waals surface area contributed by atoms with Gasteiger partial charge in [-0.15, -0.1) is 11.3 Å². The Bertz CT molecular complexity index is 603.